The zero-order valence-electron chi connectivity index (χ0n) is 9.84. The van der Waals surface area contributed by atoms with E-state index >= 15 is 0 Å². The lowest BCUT2D eigenvalue weighted by Gasteiger charge is -2.02. The lowest BCUT2D eigenvalue weighted by Crippen LogP contribution is -2.12. The molecule has 0 aliphatic carbocycles. The zero-order chi connectivity index (χ0) is 13.1. The molecule has 18 heavy (non-hydrogen) atoms. The van der Waals surface area contributed by atoms with Crippen LogP contribution in [0.3, 0.4) is 0 Å². The molecule has 0 saturated carbocycles. The molecule has 0 fully saturated rings. The third kappa shape index (κ3) is 2.04. The van der Waals surface area contributed by atoms with E-state index in [2.05, 4.69) is 10.3 Å². The Labute approximate surface area is 103 Å². The number of rotatable bonds is 4. The Morgan fingerprint density at radius 3 is 3.00 bits per heavy atom. The van der Waals surface area contributed by atoms with Crippen LogP contribution in [0.25, 0.3) is 5.52 Å². The number of nitrogens with one attached hydrogen (secondary N) is 1. The highest BCUT2D eigenvalue weighted by Crippen LogP contribution is 2.14. The van der Waals surface area contributed by atoms with Gasteiger partial charge < -0.3 is 14.8 Å². The van der Waals surface area contributed by atoms with Crippen LogP contribution in [0, 0.1) is 11.3 Å². The minimum Gasteiger partial charge on any atom is -0.478 e. The topological polar surface area (TPSA) is 90.4 Å². The summed E-state index contributed by atoms with van der Waals surface area (Å²) in [6.45, 7) is 0.710. The van der Waals surface area contributed by atoms with Crippen LogP contribution in [-0.4, -0.2) is 34.1 Å². The first kappa shape index (κ1) is 12.1. The Morgan fingerprint density at radius 2 is 2.39 bits per heavy atom. The number of carbonyl (C=O) groups is 1. The minimum atomic E-state index is -0.997. The zero-order valence-corrected chi connectivity index (χ0v) is 9.84. The number of hydrogen-bond acceptors (Lipinski definition) is 4. The summed E-state index contributed by atoms with van der Waals surface area (Å²) in [4.78, 5) is 15.1. The van der Waals surface area contributed by atoms with Crippen LogP contribution >= 0.6 is 0 Å². The van der Waals surface area contributed by atoms with Crippen molar-refractivity contribution in [1.82, 2.24) is 14.7 Å². The van der Waals surface area contributed by atoms with Crippen LogP contribution in [-0.2, 0) is 6.42 Å². The first-order valence-electron chi connectivity index (χ1n) is 5.46. The highest BCUT2D eigenvalue weighted by Gasteiger charge is 2.12. The molecule has 2 aromatic heterocycles. The Kier molecular flexibility index (Phi) is 3.26. The number of aromatic nitrogens is 2. The standard InChI is InChI=1S/C12H12N4O2/c1-14-5-4-11-15-9(6-13)10-3-2-8(12(17)18)7-16(10)11/h2-3,7,14H,4-5H2,1H3,(H,17,18). The fraction of sp³-hybridized carbons (Fsp3) is 0.250. The quantitative estimate of drug-likeness (QED) is 0.824. The van der Waals surface area contributed by atoms with Crippen molar-refractivity contribution in [2.75, 3.05) is 13.6 Å². The number of pyridine rings is 1. The number of nitrogens with zero attached hydrogens (tertiary/aromatic N) is 3. The van der Waals surface area contributed by atoms with Crippen molar-refractivity contribution in [2.45, 2.75) is 6.42 Å². The molecule has 0 spiro atoms. The largest absolute Gasteiger partial charge is 0.478 e. The van der Waals surface area contributed by atoms with Gasteiger partial charge in [-0.3, -0.25) is 0 Å². The average molecular weight is 244 g/mol. The van der Waals surface area contributed by atoms with E-state index in [1.54, 1.807) is 10.5 Å². The van der Waals surface area contributed by atoms with Crippen molar-refractivity contribution in [3.05, 3.63) is 35.4 Å². The van der Waals surface area contributed by atoms with Crippen LogP contribution in [0.15, 0.2) is 18.3 Å². The molecule has 0 saturated heterocycles. The second-order valence-corrected chi connectivity index (χ2v) is 3.82. The van der Waals surface area contributed by atoms with Crippen molar-refractivity contribution in [3.8, 4) is 6.07 Å². The predicted octanol–water partition coefficient (Wildman–Crippen LogP) is 0.666. The van der Waals surface area contributed by atoms with Crippen LogP contribution < -0.4 is 5.32 Å². The number of carboxylic acid groups (broad SMARTS) is 1. The van der Waals surface area contributed by atoms with Crippen molar-refractivity contribution in [2.24, 2.45) is 0 Å². The molecule has 0 amide bonds. The summed E-state index contributed by atoms with van der Waals surface area (Å²) in [5, 5.41) is 21.0. The highest BCUT2D eigenvalue weighted by molar-refractivity contribution is 5.87. The van der Waals surface area contributed by atoms with Gasteiger partial charge in [-0.1, -0.05) is 0 Å². The monoisotopic (exact) mass is 244 g/mol. The molecule has 0 aromatic carbocycles. The first-order valence-corrected chi connectivity index (χ1v) is 5.46. The second kappa shape index (κ2) is 4.85. The van der Waals surface area contributed by atoms with Crippen LogP contribution in [0.1, 0.15) is 21.9 Å². The molecule has 0 unspecified atom stereocenters. The summed E-state index contributed by atoms with van der Waals surface area (Å²) in [5.74, 6) is -0.317. The van der Waals surface area contributed by atoms with Crippen molar-refractivity contribution < 1.29 is 9.90 Å². The molecule has 0 aliphatic heterocycles. The number of likely N-dealkylation sites (N-methyl/N-ethyl adjacent to an activating group) is 1. The molecule has 92 valence electrons. The summed E-state index contributed by atoms with van der Waals surface area (Å²) < 4.78 is 1.67. The van der Waals surface area contributed by atoms with E-state index in [9.17, 15) is 4.79 Å². The molecule has 0 atom stereocenters. The van der Waals surface area contributed by atoms with Crippen molar-refractivity contribution >= 4 is 11.5 Å². The van der Waals surface area contributed by atoms with Gasteiger partial charge in [0.2, 0.25) is 0 Å². The molecule has 6 nitrogen and oxygen atoms in total. The maximum atomic E-state index is 10.9. The maximum absolute atomic E-state index is 10.9. The highest BCUT2D eigenvalue weighted by atomic mass is 16.4. The molecule has 6 heteroatoms. The van der Waals surface area contributed by atoms with E-state index in [-0.39, 0.29) is 5.56 Å². The van der Waals surface area contributed by atoms with E-state index in [0.29, 0.717) is 30.0 Å². The first-order chi connectivity index (χ1) is 8.67. The fourth-order valence-corrected chi connectivity index (χ4v) is 1.77. The maximum Gasteiger partial charge on any atom is 0.337 e. The Morgan fingerprint density at radius 1 is 1.61 bits per heavy atom. The van der Waals surface area contributed by atoms with Gasteiger partial charge in [-0.2, -0.15) is 5.26 Å². The van der Waals surface area contributed by atoms with Gasteiger partial charge in [-0.05, 0) is 19.2 Å². The van der Waals surface area contributed by atoms with E-state index < -0.39 is 5.97 Å². The Hall–Kier alpha value is -2.39. The van der Waals surface area contributed by atoms with Crippen LogP contribution in [0.4, 0.5) is 0 Å². The Balaban J connectivity index is 2.59. The van der Waals surface area contributed by atoms with E-state index in [4.69, 9.17) is 10.4 Å². The van der Waals surface area contributed by atoms with E-state index in [1.807, 2.05) is 13.1 Å². The minimum absolute atomic E-state index is 0.176. The Bertz CT molecular complexity index is 639. The normalized spacial score (nSPS) is 10.4. The van der Waals surface area contributed by atoms with Crippen molar-refractivity contribution in [1.29, 1.82) is 5.26 Å². The third-order valence-corrected chi connectivity index (χ3v) is 2.66. The molecule has 2 N–H and O–H groups in total. The van der Waals surface area contributed by atoms with Gasteiger partial charge in [-0.15, -0.1) is 0 Å². The number of carboxylic acids is 1. The van der Waals surface area contributed by atoms with Gasteiger partial charge in [-0.25, -0.2) is 9.78 Å². The van der Waals surface area contributed by atoms with Crippen LogP contribution in [0.5, 0.6) is 0 Å². The summed E-state index contributed by atoms with van der Waals surface area (Å²) >= 11 is 0. The average Bonchev–Trinajstić information content (AvgIpc) is 2.73. The summed E-state index contributed by atoms with van der Waals surface area (Å²) in [5.41, 5.74) is 1.13. The number of nitriles is 1. The lowest BCUT2D eigenvalue weighted by atomic mass is 10.2. The second-order valence-electron chi connectivity index (χ2n) is 3.82. The summed E-state index contributed by atoms with van der Waals surface area (Å²) in [7, 11) is 1.82. The molecule has 2 rings (SSSR count). The summed E-state index contributed by atoms with van der Waals surface area (Å²) in [6, 6.07) is 5.10. The van der Waals surface area contributed by atoms with Gasteiger partial charge in [0.05, 0.1) is 11.1 Å². The van der Waals surface area contributed by atoms with Crippen molar-refractivity contribution in [3.63, 3.8) is 0 Å². The van der Waals surface area contributed by atoms with Gasteiger partial charge in [0.1, 0.15) is 11.9 Å². The van der Waals surface area contributed by atoms with Gasteiger partial charge in [0.25, 0.3) is 0 Å². The molecule has 0 aliphatic rings. The molecule has 2 aromatic rings. The van der Waals surface area contributed by atoms with E-state index in [0.717, 1.165) is 0 Å². The SMILES string of the molecule is CNCCc1nc(C#N)c2ccc(C(=O)O)cn12. The fourth-order valence-electron chi connectivity index (χ4n) is 1.77. The number of hydrogen-bond donors (Lipinski definition) is 2. The van der Waals surface area contributed by atoms with Gasteiger partial charge in [0, 0.05) is 19.2 Å². The van der Waals surface area contributed by atoms with Gasteiger partial charge in [0.15, 0.2) is 5.69 Å². The molecular weight excluding hydrogens is 232 g/mol. The smallest absolute Gasteiger partial charge is 0.337 e. The van der Waals surface area contributed by atoms with E-state index in [1.165, 1.54) is 12.3 Å². The third-order valence-electron chi connectivity index (χ3n) is 2.66. The summed E-state index contributed by atoms with van der Waals surface area (Å²) in [6.07, 6.45) is 2.12. The predicted molar refractivity (Wildman–Crippen MR) is 64.5 cm³/mol. The number of aromatic carboxylic acids is 1. The molecule has 0 bridgehead atoms. The molecule has 0 radical (unpaired) electrons. The molecule has 2 heterocycles. The lowest BCUT2D eigenvalue weighted by molar-refractivity contribution is 0.0696. The number of fused-ring (bicyclic) bond motifs is 1. The number of imidazole rings is 1. The van der Waals surface area contributed by atoms with Crippen LogP contribution in [0.2, 0.25) is 0 Å². The van der Waals surface area contributed by atoms with Gasteiger partial charge >= 0.3 is 5.97 Å². The molecular formula is C12H12N4O2.